The highest BCUT2D eigenvalue weighted by Gasteiger charge is 2.26. The fraction of sp³-hybridized carbons (Fsp3) is 0.250. The Balaban J connectivity index is 2.11. The molecule has 0 radical (unpaired) electrons. The Hall–Kier alpha value is -2.67. The smallest absolute Gasteiger partial charge is 0.326 e. The number of hydrogen-bond donors (Lipinski definition) is 3. The van der Waals surface area contributed by atoms with Gasteiger partial charge in [0.2, 0.25) is 11.8 Å². The summed E-state index contributed by atoms with van der Waals surface area (Å²) in [5.74, 6) is -2.02. The van der Waals surface area contributed by atoms with Crippen molar-refractivity contribution in [3.05, 3.63) is 70.2 Å². The molecule has 0 bridgehead atoms. The van der Waals surface area contributed by atoms with Gasteiger partial charge in [-0.05, 0) is 23.3 Å². The number of nitrogens with one attached hydrogen (secondary N) is 2. The Morgan fingerprint density at radius 1 is 0.926 bits per heavy atom. The van der Waals surface area contributed by atoms with Crippen molar-refractivity contribution < 1.29 is 19.5 Å². The van der Waals surface area contributed by atoms with Crippen molar-refractivity contribution in [2.45, 2.75) is 31.8 Å². The van der Waals surface area contributed by atoms with Gasteiger partial charge in [-0.15, -0.1) is 0 Å². The van der Waals surface area contributed by atoms with Gasteiger partial charge in [-0.25, -0.2) is 4.79 Å². The van der Waals surface area contributed by atoms with Crippen LogP contribution in [0.5, 0.6) is 0 Å². The Labute approximate surface area is 166 Å². The van der Waals surface area contributed by atoms with Gasteiger partial charge >= 0.3 is 5.97 Å². The van der Waals surface area contributed by atoms with E-state index in [1.807, 2.05) is 36.4 Å². The molecule has 0 heterocycles. The number of benzene rings is 2. The normalized spacial score (nSPS) is 12.7. The van der Waals surface area contributed by atoms with E-state index in [0.29, 0.717) is 0 Å². The van der Waals surface area contributed by atoms with Gasteiger partial charge in [0.1, 0.15) is 12.1 Å². The molecule has 0 aliphatic rings. The molecule has 0 aliphatic carbocycles. The molecular weight excluding hydrogens is 412 g/mol. The van der Waals surface area contributed by atoms with Crippen molar-refractivity contribution in [1.29, 1.82) is 0 Å². The van der Waals surface area contributed by atoms with Crippen molar-refractivity contribution >= 4 is 33.7 Å². The maximum absolute atomic E-state index is 12.7. The molecule has 0 aliphatic heterocycles. The van der Waals surface area contributed by atoms with Gasteiger partial charge in [-0.1, -0.05) is 58.4 Å². The fourth-order valence-corrected chi connectivity index (χ4v) is 3.12. The topological polar surface area (TPSA) is 95.5 Å². The minimum absolute atomic E-state index is 0.138. The lowest BCUT2D eigenvalue weighted by Crippen LogP contribution is -2.52. The first-order valence-corrected chi connectivity index (χ1v) is 9.23. The van der Waals surface area contributed by atoms with Crippen LogP contribution >= 0.6 is 15.9 Å². The Morgan fingerprint density at radius 3 is 2.15 bits per heavy atom. The van der Waals surface area contributed by atoms with Crippen LogP contribution < -0.4 is 10.6 Å². The zero-order chi connectivity index (χ0) is 19.8. The van der Waals surface area contributed by atoms with Crippen molar-refractivity contribution in [2.75, 3.05) is 0 Å². The van der Waals surface area contributed by atoms with E-state index >= 15 is 0 Å². The maximum Gasteiger partial charge on any atom is 0.326 e. The quantitative estimate of drug-likeness (QED) is 0.596. The van der Waals surface area contributed by atoms with Gasteiger partial charge in [0.25, 0.3) is 0 Å². The number of carbonyl (C=O) groups excluding carboxylic acids is 2. The summed E-state index contributed by atoms with van der Waals surface area (Å²) in [5.41, 5.74) is 1.64. The fourth-order valence-electron chi connectivity index (χ4n) is 2.68. The molecular formula is C20H21BrN2O4. The molecule has 0 aromatic heterocycles. The second kappa shape index (κ2) is 9.87. The van der Waals surface area contributed by atoms with E-state index in [0.717, 1.165) is 15.6 Å². The lowest BCUT2D eigenvalue weighted by Gasteiger charge is -2.21. The maximum atomic E-state index is 12.7. The predicted molar refractivity (Wildman–Crippen MR) is 105 cm³/mol. The van der Waals surface area contributed by atoms with Crippen LogP contribution in [0.1, 0.15) is 18.1 Å². The zero-order valence-electron chi connectivity index (χ0n) is 14.8. The molecule has 0 saturated heterocycles. The number of carbonyl (C=O) groups is 3. The Bertz CT molecular complexity index is 811. The summed E-state index contributed by atoms with van der Waals surface area (Å²) >= 11 is 3.35. The summed E-state index contributed by atoms with van der Waals surface area (Å²) in [4.78, 5) is 35.8. The molecule has 2 aromatic rings. The summed E-state index contributed by atoms with van der Waals surface area (Å²) in [5, 5.41) is 14.6. The van der Waals surface area contributed by atoms with E-state index in [-0.39, 0.29) is 18.7 Å². The van der Waals surface area contributed by atoms with Crippen molar-refractivity contribution in [1.82, 2.24) is 10.6 Å². The van der Waals surface area contributed by atoms with E-state index < -0.39 is 24.0 Å². The third kappa shape index (κ3) is 6.86. The number of carboxylic acids is 1. The molecule has 27 heavy (non-hydrogen) atoms. The molecule has 0 saturated carbocycles. The first-order valence-electron chi connectivity index (χ1n) is 8.44. The molecule has 0 fully saturated rings. The molecule has 142 valence electrons. The first-order chi connectivity index (χ1) is 12.8. The number of rotatable bonds is 8. The van der Waals surface area contributed by atoms with Gasteiger partial charge in [-0.3, -0.25) is 9.59 Å². The lowest BCUT2D eigenvalue weighted by molar-refractivity contribution is -0.142. The number of aliphatic carboxylic acids is 1. The SMILES string of the molecule is CC(=O)N[C@H](Cc1ccccc1)C(=O)N[C@H](Cc1cccc(Br)c1)C(=O)O. The average Bonchev–Trinajstić information content (AvgIpc) is 2.61. The van der Waals surface area contributed by atoms with Crippen molar-refractivity contribution in [2.24, 2.45) is 0 Å². The molecule has 7 heteroatoms. The summed E-state index contributed by atoms with van der Waals surface area (Å²) in [6.07, 6.45) is 0.411. The second-order valence-corrected chi connectivity index (χ2v) is 7.09. The predicted octanol–water partition coefficient (Wildman–Crippen LogP) is 2.31. The van der Waals surface area contributed by atoms with Gasteiger partial charge < -0.3 is 15.7 Å². The third-order valence-corrected chi connectivity index (χ3v) is 4.41. The van der Waals surface area contributed by atoms with Gasteiger partial charge in [-0.2, -0.15) is 0 Å². The van der Waals surface area contributed by atoms with Crippen LogP contribution in [0.4, 0.5) is 0 Å². The minimum atomic E-state index is -1.13. The van der Waals surface area contributed by atoms with E-state index in [1.54, 1.807) is 18.2 Å². The first kappa shape index (κ1) is 20.6. The molecule has 2 rings (SSSR count). The van der Waals surface area contributed by atoms with Crippen LogP contribution in [0, 0.1) is 0 Å². The van der Waals surface area contributed by atoms with Crippen LogP contribution in [0.3, 0.4) is 0 Å². The molecule has 6 nitrogen and oxygen atoms in total. The largest absolute Gasteiger partial charge is 0.480 e. The van der Waals surface area contributed by atoms with Crippen molar-refractivity contribution in [3.8, 4) is 0 Å². The number of amides is 2. The van der Waals surface area contributed by atoms with Crippen LogP contribution in [-0.2, 0) is 27.2 Å². The van der Waals surface area contributed by atoms with Gasteiger partial charge in [0, 0.05) is 24.2 Å². The summed E-state index contributed by atoms with van der Waals surface area (Å²) in [6.45, 7) is 1.32. The molecule has 0 spiro atoms. The van der Waals surface area contributed by atoms with E-state index in [2.05, 4.69) is 26.6 Å². The summed E-state index contributed by atoms with van der Waals surface area (Å²) < 4.78 is 0.829. The molecule has 3 N–H and O–H groups in total. The molecule has 2 aromatic carbocycles. The number of halogens is 1. The van der Waals surface area contributed by atoms with Crippen LogP contribution in [-0.4, -0.2) is 35.0 Å². The van der Waals surface area contributed by atoms with Crippen LogP contribution in [0.15, 0.2) is 59.1 Å². The second-order valence-electron chi connectivity index (χ2n) is 6.18. The Kier molecular flexibility index (Phi) is 7.55. The zero-order valence-corrected chi connectivity index (χ0v) is 16.4. The van der Waals surface area contributed by atoms with Gasteiger partial charge in [0.05, 0.1) is 0 Å². The summed E-state index contributed by atoms with van der Waals surface area (Å²) in [6, 6.07) is 14.5. The average molecular weight is 433 g/mol. The highest BCUT2D eigenvalue weighted by Crippen LogP contribution is 2.13. The van der Waals surface area contributed by atoms with Crippen LogP contribution in [0.2, 0.25) is 0 Å². The van der Waals surface area contributed by atoms with Crippen molar-refractivity contribution in [3.63, 3.8) is 0 Å². The third-order valence-electron chi connectivity index (χ3n) is 3.92. The Morgan fingerprint density at radius 2 is 1.56 bits per heavy atom. The van der Waals surface area contributed by atoms with E-state index in [1.165, 1.54) is 6.92 Å². The van der Waals surface area contributed by atoms with Crippen LogP contribution in [0.25, 0.3) is 0 Å². The summed E-state index contributed by atoms with van der Waals surface area (Å²) in [7, 11) is 0. The molecule has 2 amide bonds. The van der Waals surface area contributed by atoms with E-state index in [9.17, 15) is 19.5 Å². The highest BCUT2D eigenvalue weighted by molar-refractivity contribution is 9.10. The lowest BCUT2D eigenvalue weighted by atomic mass is 10.0. The molecule has 0 unspecified atom stereocenters. The monoisotopic (exact) mass is 432 g/mol. The number of carboxylic acid groups (broad SMARTS) is 1. The minimum Gasteiger partial charge on any atom is -0.480 e. The number of hydrogen-bond acceptors (Lipinski definition) is 3. The molecule has 2 atom stereocenters. The highest BCUT2D eigenvalue weighted by atomic mass is 79.9. The van der Waals surface area contributed by atoms with E-state index in [4.69, 9.17) is 0 Å². The van der Waals surface area contributed by atoms with Gasteiger partial charge in [0.15, 0.2) is 0 Å². The standard InChI is InChI=1S/C20H21BrN2O4/c1-13(24)22-17(11-14-6-3-2-4-7-14)19(25)23-18(20(26)27)12-15-8-5-9-16(21)10-15/h2-10,17-18H,11-12H2,1H3,(H,22,24)(H,23,25)(H,26,27)/t17-,18-/m1/s1.